The molecular formula is C10H11N3O. The van der Waals surface area contributed by atoms with Crippen LogP contribution in [0, 0.1) is 0 Å². The van der Waals surface area contributed by atoms with Crippen LogP contribution in [0.1, 0.15) is 30.2 Å². The molecule has 0 amide bonds. The fourth-order valence-corrected chi connectivity index (χ4v) is 1.41. The Kier molecular flexibility index (Phi) is 2.04. The van der Waals surface area contributed by atoms with Crippen molar-refractivity contribution < 1.29 is 4.79 Å². The third kappa shape index (κ3) is 1.28. The van der Waals surface area contributed by atoms with Crippen LogP contribution in [-0.4, -0.2) is 21.3 Å². The number of carbonyl (C=O) groups excluding carboxylic acids is 1. The average molecular weight is 189 g/mol. The zero-order valence-electron chi connectivity index (χ0n) is 8.14. The third-order valence-corrected chi connectivity index (χ3v) is 2.12. The molecule has 0 N–H and O–H groups in total. The SMILES string of the molecule is CC(C)n1nnc2ccc(C=O)cc21. The van der Waals surface area contributed by atoms with Crippen LogP contribution in [0.4, 0.5) is 0 Å². The molecule has 0 aliphatic heterocycles. The summed E-state index contributed by atoms with van der Waals surface area (Å²) in [6.07, 6.45) is 0.830. The molecule has 4 heteroatoms. The van der Waals surface area contributed by atoms with Gasteiger partial charge in [-0.15, -0.1) is 5.10 Å². The van der Waals surface area contributed by atoms with Gasteiger partial charge in [-0.05, 0) is 32.0 Å². The summed E-state index contributed by atoms with van der Waals surface area (Å²) in [4.78, 5) is 10.6. The maximum absolute atomic E-state index is 10.6. The molecule has 2 aromatic rings. The molecule has 0 bridgehead atoms. The fourth-order valence-electron chi connectivity index (χ4n) is 1.41. The summed E-state index contributed by atoms with van der Waals surface area (Å²) in [6.45, 7) is 4.06. The molecule has 0 aliphatic rings. The predicted octanol–water partition coefficient (Wildman–Crippen LogP) is 1.82. The van der Waals surface area contributed by atoms with Crippen molar-refractivity contribution >= 4 is 17.3 Å². The highest BCUT2D eigenvalue weighted by atomic mass is 16.1. The average Bonchev–Trinajstić information content (AvgIpc) is 2.59. The first kappa shape index (κ1) is 8.87. The van der Waals surface area contributed by atoms with E-state index < -0.39 is 0 Å². The third-order valence-electron chi connectivity index (χ3n) is 2.12. The summed E-state index contributed by atoms with van der Waals surface area (Å²) in [5, 5.41) is 8.03. The van der Waals surface area contributed by atoms with Crippen molar-refractivity contribution in [2.75, 3.05) is 0 Å². The quantitative estimate of drug-likeness (QED) is 0.677. The van der Waals surface area contributed by atoms with E-state index >= 15 is 0 Å². The first-order valence-corrected chi connectivity index (χ1v) is 4.52. The van der Waals surface area contributed by atoms with E-state index in [2.05, 4.69) is 10.3 Å². The molecule has 0 saturated carbocycles. The van der Waals surface area contributed by atoms with Crippen LogP contribution in [-0.2, 0) is 0 Å². The first-order valence-electron chi connectivity index (χ1n) is 4.52. The Hall–Kier alpha value is -1.71. The lowest BCUT2D eigenvalue weighted by atomic mass is 10.2. The van der Waals surface area contributed by atoms with Crippen molar-refractivity contribution in [3.8, 4) is 0 Å². The molecule has 0 aliphatic carbocycles. The van der Waals surface area contributed by atoms with Crippen molar-refractivity contribution in [2.45, 2.75) is 19.9 Å². The molecule has 0 spiro atoms. The van der Waals surface area contributed by atoms with Gasteiger partial charge in [0.05, 0.1) is 5.52 Å². The Labute approximate surface area is 81.5 Å². The number of hydrogen-bond donors (Lipinski definition) is 0. The summed E-state index contributed by atoms with van der Waals surface area (Å²) < 4.78 is 1.81. The number of aldehydes is 1. The van der Waals surface area contributed by atoms with Crippen LogP contribution in [0.15, 0.2) is 18.2 Å². The van der Waals surface area contributed by atoms with E-state index in [0.717, 1.165) is 17.3 Å². The Bertz CT molecular complexity index is 473. The molecule has 1 aromatic carbocycles. The highest BCUT2D eigenvalue weighted by Gasteiger charge is 2.07. The molecule has 4 nitrogen and oxygen atoms in total. The van der Waals surface area contributed by atoms with Gasteiger partial charge in [-0.2, -0.15) is 0 Å². The highest BCUT2D eigenvalue weighted by molar-refractivity contribution is 5.84. The summed E-state index contributed by atoms with van der Waals surface area (Å²) in [5.74, 6) is 0. The topological polar surface area (TPSA) is 47.8 Å². The molecule has 1 heterocycles. The lowest BCUT2D eigenvalue weighted by molar-refractivity contribution is 0.112. The summed E-state index contributed by atoms with van der Waals surface area (Å²) in [6, 6.07) is 5.61. The minimum absolute atomic E-state index is 0.252. The number of benzene rings is 1. The smallest absolute Gasteiger partial charge is 0.150 e. The largest absolute Gasteiger partial charge is 0.298 e. The number of fused-ring (bicyclic) bond motifs is 1. The normalized spacial score (nSPS) is 11.1. The number of hydrogen-bond acceptors (Lipinski definition) is 3. The maximum Gasteiger partial charge on any atom is 0.150 e. The van der Waals surface area contributed by atoms with E-state index in [0.29, 0.717) is 5.56 Å². The van der Waals surface area contributed by atoms with Crippen LogP contribution in [0.2, 0.25) is 0 Å². The predicted molar refractivity (Wildman–Crippen MR) is 53.3 cm³/mol. The van der Waals surface area contributed by atoms with Crippen molar-refractivity contribution in [3.05, 3.63) is 23.8 Å². The minimum Gasteiger partial charge on any atom is -0.298 e. The van der Waals surface area contributed by atoms with Crippen molar-refractivity contribution in [1.29, 1.82) is 0 Å². The van der Waals surface area contributed by atoms with E-state index in [-0.39, 0.29) is 6.04 Å². The molecule has 0 atom stereocenters. The molecule has 0 fully saturated rings. The summed E-state index contributed by atoms with van der Waals surface area (Å²) >= 11 is 0. The molecular weight excluding hydrogens is 178 g/mol. The van der Waals surface area contributed by atoms with Gasteiger partial charge in [-0.25, -0.2) is 4.68 Å². The van der Waals surface area contributed by atoms with E-state index in [1.165, 1.54) is 0 Å². The number of rotatable bonds is 2. The summed E-state index contributed by atoms with van der Waals surface area (Å²) in [5.41, 5.74) is 2.38. The van der Waals surface area contributed by atoms with Crippen LogP contribution < -0.4 is 0 Å². The van der Waals surface area contributed by atoms with Crippen molar-refractivity contribution in [1.82, 2.24) is 15.0 Å². The first-order chi connectivity index (χ1) is 6.72. The van der Waals surface area contributed by atoms with Gasteiger partial charge in [0.1, 0.15) is 11.8 Å². The Morgan fingerprint density at radius 2 is 2.21 bits per heavy atom. The second kappa shape index (κ2) is 3.21. The van der Waals surface area contributed by atoms with Gasteiger partial charge >= 0.3 is 0 Å². The van der Waals surface area contributed by atoms with E-state index in [1.54, 1.807) is 6.07 Å². The highest BCUT2D eigenvalue weighted by Crippen LogP contribution is 2.16. The van der Waals surface area contributed by atoms with E-state index in [9.17, 15) is 4.79 Å². The monoisotopic (exact) mass is 189 g/mol. The molecule has 1 aromatic heterocycles. The lowest BCUT2D eigenvalue weighted by Crippen LogP contribution is -2.02. The van der Waals surface area contributed by atoms with Gasteiger partial charge in [0, 0.05) is 11.6 Å². The van der Waals surface area contributed by atoms with Gasteiger partial charge in [-0.1, -0.05) is 5.21 Å². The Balaban J connectivity index is 2.69. The summed E-state index contributed by atoms with van der Waals surface area (Å²) in [7, 11) is 0. The van der Waals surface area contributed by atoms with Gasteiger partial charge < -0.3 is 0 Å². The second-order valence-corrected chi connectivity index (χ2v) is 3.49. The Morgan fingerprint density at radius 3 is 2.86 bits per heavy atom. The molecule has 0 saturated heterocycles. The lowest BCUT2D eigenvalue weighted by Gasteiger charge is -2.04. The van der Waals surface area contributed by atoms with Crippen molar-refractivity contribution in [3.63, 3.8) is 0 Å². The fraction of sp³-hybridized carbons (Fsp3) is 0.300. The standard InChI is InChI=1S/C10H11N3O/c1-7(2)13-10-5-8(6-14)3-4-9(10)11-12-13/h3-7H,1-2H3. The zero-order chi connectivity index (χ0) is 10.1. The van der Waals surface area contributed by atoms with Gasteiger partial charge in [0.15, 0.2) is 0 Å². The van der Waals surface area contributed by atoms with Crippen molar-refractivity contribution in [2.24, 2.45) is 0 Å². The van der Waals surface area contributed by atoms with Gasteiger partial charge in [0.2, 0.25) is 0 Å². The zero-order valence-corrected chi connectivity index (χ0v) is 8.14. The molecule has 0 radical (unpaired) electrons. The van der Waals surface area contributed by atoms with Gasteiger partial charge in [-0.3, -0.25) is 4.79 Å². The van der Waals surface area contributed by atoms with Crippen LogP contribution in [0.3, 0.4) is 0 Å². The number of carbonyl (C=O) groups is 1. The van der Waals surface area contributed by atoms with Gasteiger partial charge in [0.25, 0.3) is 0 Å². The number of aromatic nitrogens is 3. The van der Waals surface area contributed by atoms with Crippen LogP contribution >= 0.6 is 0 Å². The minimum atomic E-state index is 0.252. The Morgan fingerprint density at radius 1 is 1.43 bits per heavy atom. The molecule has 14 heavy (non-hydrogen) atoms. The van der Waals surface area contributed by atoms with E-state index in [4.69, 9.17) is 0 Å². The van der Waals surface area contributed by atoms with E-state index in [1.807, 2.05) is 30.7 Å². The molecule has 0 unspecified atom stereocenters. The molecule has 72 valence electrons. The number of nitrogens with zero attached hydrogens (tertiary/aromatic N) is 3. The molecule has 2 rings (SSSR count). The van der Waals surface area contributed by atoms with Crippen LogP contribution in [0.5, 0.6) is 0 Å². The van der Waals surface area contributed by atoms with Crippen LogP contribution in [0.25, 0.3) is 11.0 Å². The maximum atomic E-state index is 10.6. The second-order valence-electron chi connectivity index (χ2n) is 3.49.